The number of nitrogens with one attached hydrogen (secondary N) is 1. The monoisotopic (exact) mass is 464 g/mol. The Kier molecular flexibility index (Phi) is 9.14. The van der Waals surface area contributed by atoms with Crippen LogP contribution in [-0.4, -0.2) is 24.1 Å². The lowest BCUT2D eigenvalue weighted by Gasteiger charge is -2.13. The van der Waals surface area contributed by atoms with E-state index in [4.69, 9.17) is 9.05 Å². The highest BCUT2D eigenvalue weighted by Gasteiger charge is 2.19. The predicted molar refractivity (Wildman–Crippen MR) is 134 cm³/mol. The summed E-state index contributed by atoms with van der Waals surface area (Å²) in [4.78, 5) is 17.1. The van der Waals surface area contributed by atoms with Crippen LogP contribution in [-0.2, 0) is 18.4 Å². The lowest BCUT2D eigenvalue weighted by molar-refractivity contribution is -0.116. The highest BCUT2D eigenvalue weighted by Crippen LogP contribution is 2.50. The van der Waals surface area contributed by atoms with E-state index < -0.39 is 7.60 Å². The van der Waals surface area contributed by atoms with Gasteiger partial charge in [0, 0.05) is 23.8 Å². The van der Waals surface area contributed by atoms with Gasteiger partial charge in [-0.05, 0) is 43.5 Å². The van der Waals surface area contributed by atoms with Crippen LogP contribution in [0.25, 0.3) is 17.0 Å². The summed E-state index contributed by atoms with van der Waals surface area (Å²) in [5.74, 6) is 1.35. The van der Waals surface area contributed by atoms with Crippen molar-refractivity contribution in [2.45, 2.75) is 26.7 Å². The molecular weight excluding hydrogens is 435 g/mol. The Morgan fingerprint density at radius 3 is 2.42 bits per heavy atom. The van der Waals surface area contributed by atoms with Crippen LogP contribution in [0.2, 0.25) is 0 Å². The molecule has 0 saturated carbocycles. The van der Waals surface area contributed by atoms with Crippen LogP contribution >= 0.6 is 7.60 Å². The molecule has 1 aromatic heterocycles. The number of para-hydroxylation sites is 1. The smallest absolute Gasteiger partial charge is 0.324 e. The van der Waals surface area contributed by atoms with E-state index in [-0.39, 0.29) is 25.5 Å². The fourth-order valence-electron chi connectivity index (χ4n) is 3.31. The van der Waals surface area contributed by atoms with Crippen molar-refractivity contribution in [1.29, 1.82) is 0 Å². The Morgan fingerprint density at radius 2 is 1.70 bits per heavy atom. The Labute approximate surface area is 194 Å². The molecular formula is C26H29N2O4P. The number of pyridine rings is 1. The van der Waals surface area contributed by atoms with Crippen LogP contribution in [0.15, 0.2) is 84.3 Å². The third-order valence-electron chi connectivity index (χ3n) is 4.79. The van der Waals surface area contributed by atoms with Crippen molar-refractivity contribution in [3.8, 4) is 0 Å². The summed E-state index contributed by atoms with van der Waals surface area (Å²) < 4.78 is 23.5. The molecule has 0 aliphatic rings. The second-order valence-electron chi connectivity index (χ2n) is 7.25. The Bertz CT molecular complexity index is 1160. The minimum atomic E-state index is -3.34. The standard InChI is InChI=1S/C26H29N2O4P/c1-3-31-33(30,32-4-2)19-17-22(20-21-10-6-5-7-11-21)15-16-25(29)28-24-14-8-12-23-13-9-18-27-26(23)24/h5-14,17-20H,3-4,15-16H2,1-2H3,(H,28,29)/b19-17+,22-20+. The van der Waals surface area contributed by atoms with E-state index in [0.717, 1.165) is 22.0 Å². The van der Waals surface area contributed by atoms with Gasteiger partial charge in [-0.2, -0.15) is 0 Å². The molecule has 0 aliphatic carbocycles. The number of anilines is 1. The molecule has 1 heterocycles. The number of amides is 1. The molecule has 172 valence electrons. The number of carbonyl (C=O) groups is 1. The molecule has 0 aliphatic heterocycles. The maximum atomic E-state index is 12.8. The van der Waals surface area contributed by atoms with Crippen LogP contribution in [0.3, 0.4) is 0 Å². The molecule has 2 aromatic carbocycles. The van der Waals surface area contributed by atoms with Crippen LogP contribution in [0, 0.1) is 0 Å². The first-order valence-electron chi connectivity index (χ1n) is 11.0. The van der Waals surface area contributed by atoms with E-state index in [2.05, 4.69) is 10.3 Å². The normalized spacial score (nSPS) is 12.4. The first-order chi connectivity index (χ1) is 16.0. The maximum Gasteiger partial charge on any atom is 0.354 e. The number of allylic oxidation sites excluding steroid dienone is 2. The molecule has 3 rings (SSSR count). The van der Waals surface area contributed by atoms with Crippen molar-refractivity contribution in [1.82, 2.24) is 4.98 Å². The largest absolute Gasteiger partial charge is 0.354 e. The number of benzene rings is 2. The number of carbonyl (C=O) groups excluding carboxylic acids is 1. The van der Waals surface area contributed by atoms with Gasteiger partial charge in [0.2, 0.25) is 5.91 Å². The van der Waals surface area contributed by atoms with E-state index in [0.29, 0.717) is 12.1 Å². The number of hydrogen-bond acceptors (Lipinski definition) is 5. The molecule has 0 spiro atoms. The first kappa shape index (κ1) is 24.6. The van der Waals surface area contributed by atoms with Crippen molar-refractivity contribution in [2.24, 2.45) is 0 Å². The van der Waals surface area contributed by atoms with Gasteiger partial charge >= 0.3 is 7.60 Å². The van der Waals surface area contributed by atoms with Crippen molar-refractivity contribution >= 4 is 36.2 Å². The predicted octanol–water partition coefficient (Wildman–Crippen LogP) is 6.82. The highest BCUT2D eigenvalue weighted by atomic mass is 31.2. The van der Waals surface area contributed by atoms with Crippen LogP contribution in [0.4, 0.5) is 5.69 Å². The minimum absolute atomic E-state index is 0.127. The van der Waals surface area contributed by atoms with E-state index >= 15 is 0 Å². The topological polar surface area (TPSA) is 77.5 Å². The quantitative estimate of drug-likeness (QED) is 0.249. The average molecular weight is 465 g/mol. The Morgan fingerprint density at radius 1 is 0.970 bits per heavy atom. The summed E-state index contributed by atoms with van der Waals surface area (Å²) in [5, 5.41) is 3.92. The lowest BCUT2D eigenvalue weighted by Crippen LogP contribution is -2.11. The molecule has 7 heteroatoms. The van der Waals surface area contributed by atoms with Crippen molar-refractivity contribution < 1.29 is 18.4 Å². The summed E-state index contributed by atoms with van der Waals surface area (Å²) in [6, 6.07) is 19.3. The molecule has 0 saturated heterocycles. The molecule has 1 N–H and O–H groups in total. The number of hydrogen-bond donors (Lipinski definition) is 1. The SMILES string of the molecule is CCOP(=O)(/C=C/C(=C/c1ccccc1)CCC(=O)Nc1cccc2cccnc12)OCC. The van der Waals surface area contributed by atoms with Gasteiger partial charge in [-0.25, -0.2) is 0 Å². The van der Waals surface area contributed by atoms with E-state index in [1.807, 2.05) is 66.7 Å². The van der Waals surface area contributed by atoms with E-state index in [1.165, 1.54) is 5.82 Å². The van der Waals surface area contributed by atoms with Crippen molar-refractivity contribution in [3.05, 3.63) is 89.9 Å². The molecule has 6 nitrogen and oxygen atoms in total. The van der Waals surface area contributed by atoms with Crippen molar-refractivity contribution in [2.75, 3.05) is 18.5 Å². The van der Waals surface area contributed by atoms with Crippen LogP contribution in [0.1, 0.15) is 32.3 Å². The number of rotatable bonds is 11. The Balaban J connectivity index is 1.75. The van der Waals surface area contributed by atoms with Gasteiger partial charge < -0.3 is 14.4 Å². The average Bonchev–Trinajstić information content (AvgIpc) is 2.82. The molecule has 0 bridgehead atoms. The number of nitrogens with zero attached hydrogens (tertiary/aromatic N) is 1. The van der Waals surface area contributed by atoms with Crippen LogP contribution < -0.4 is 5.32 Å². The summed E-state index contributed by atoms with van der Waals surface area (Å²) in [7, 11) is -3.34. The Hall–Kier alpha value is -3.05. The van der Waals surface area contributed by atoms with E-state index in [1.54, 1.807) is 26.1 Å². The summed E-state index contributed by atoms with van der Waals surface area (Å²) in [6.45, 7) is 4.10. The minimum Gasteiger partial charge on any atom is -0.324 e. The fourth-order valence-corrected chi connectivity index (χ4v) is 4.65. The molecule has 33 heavy (non-hydrogen) atoms. The molecule has 0 fully saturated rings. The van der Waals surface area contributed by atoms with Gasteiger partial charge in [-0.1, -0.05) is 60.7 Å². The van der Waals surface area contributed by atoms with Gasteiger partial charge in [0.25, 0.3) is 0 Å². The second kappa shape index (κ2) is 12.3. The maximum absolute atomic E-state index is 12.8. The van der Waals surface area contributed by atoms with Gasteiger partial charge in [0.05, 0.1) is 24.4 Å². The van der Waals surface area contributed by atoms with Crippen molar-refractivity contribution in [3.63, 3.8) is 0 Å². The summed E-state index contributed by atoms with van der Waals surface area (Å²) >= 11 is 0. The number of aromatic nitrogens is 1. The number of fused-ring (bicyclic) bond motifs is 1. The van der Waals surface area contributed by atoms with Gasteiger partial charge in [-0.15, -0.1) is 0 Å². The molecule has 0 radical (unpaired) electrons. The third-order valence-corrected chi connectivity index (χ3v) is 6.54. The zero-order valence-corrected chi connectivity index (χ0v) is 19.8. The van der Waals surface area contributed by atoms with Gasteiger partial charge in [0.1, 0.15) is 0 Å². The summed E-state index contributed by atoms with van der Waals surface area (Å²) in [6.07, 6.45) is 6.10. The van der Waals surface area contributed by atoms with Gasteiger partial charge in [0.15, 0.2) is 0 Å². The zero-order valence-electron chi connectivity index (χ0n) is 18.9. The van der Waals surface area contributed by atoms with Gasteiger partial charge in [-0.3, -0.25) is 14.3 Å². The lowest BCUT2D eigenvalue weighted by atomic mass is 10.1. The van der Waals surface area contributed by atoms with E-state index in [9.17, 15) is 9.36 Å². The molecule has 0 atom stereocenters. The molecule has 3 aromatic rings. The highest BCUT2D eigenvalue weighted by molar-refractivity contribution is 7.57. The molecule has 1 amide bonds. The third kappa shape index (κ3) is 7.50. The summed E-state index contributed by atoms with van der Waals surface area (Å²) in [5.41, 5.74) is 3.26. The van der Waals surface area contributed by atoms with Crippen LogP contribution in [0.5, 0.6) is 0 Å². The first-order valence-corrected chi connectivity index (χ1v) is 12.6. The second-order valence-corrected chi connectivity index (χ2v) is 9.14. The molecule has 0 unspecified atom stereocenters. The zero-order chi connectivity index (χ0) is 23.5. The fraction of sp³-hybridized carbons (Fsp3) is 0.231.